The van der Waals surface area contributed by atoms with E-state index in [9.17, 15) is 14.0 Å². The lowest BCUT2D eigenvalue weighted by molar-refractivity contribution is -0.542. The van der Waals surface area contributed by atoms with E-state index < -0.39 is 6.04 Å². The number of carbonyl (C=O) groups is 2. The van der Waals surface area contributed by atoms with Crippen LogP contribution in [0.1, 0.15) is 13.8 Å². The van der Waals surface area contributed by atoms with Crippen molar-refractivity contribution in [3.05, 3.63) is 30.1 Å². The highest BCUT2D eigenvalue weighted by Gasteiger charge is 2.53. The number of aliphatic imine (C=N–C) groups is 1. The van der Waals surface area contributed by atoms with Crippen LogP contribution in [0.5, 0.6) is 0 Å². The molecule has 0 saturated carbocycles. The minimum atomic E-state index is -0.551. The van der Waals surface area contributed by atoms with E-state index in [1.54, 1.807) is 13.1 Å². The van der Waals surface area contributed by atoms with E-state index in [0.29, 0.717) is 30.5 Å². The second-order valence-corrected chi connectivity index (χ2v) is 8.79. The molecule has 1 unspecified atom stereocenters. The number of imide groups is 1. The van der Waals surface area contributed by atoms with Gasteiger partial charge in [-0.2, -0.15) is 0 Å². The summed E-state index contributed by atoms with van der Waals surface area (Å²) in [6.07, 6.45) is 0. The van der Waals surface area contributed by atoms with Gasteiger partial charge in [0.25, 0.3) is 17.8 Å². The molecule has 3 amide bonds. The van der Waals surface area contributed by atoms with Crippen LogP contribution in [0.15, 0.2) is 29.3 Å². The Hall–Kier alpha value is -2.81. The number of piperazine rings is 1. The average molecular weight is 430 g/mol. The minimum Gasteiger partial charge on any atom is -0.367 e. The molecule has 0 N–H and O–H groups in total. The van der Waals surface area contributed by atoms with Gasteiger partial charge in [0.2, 0.25) is 0 Å². The number of hydrogen-bond acceptors (Lipinski definition) is 5. The molecule has 0 aliphatic carbocycles. The molecule has 9 heteroatoms. The van der Waals surface area contributed by atoms with Gasteiger partial charge in [0.1, 0.15) is 12.4 Å². The van der Waals surface area contributed by atoms with Gasteiger partial charge < -0.3 is 4.90 Å². The predicted molar refractivity (Wildman–Crippen MR) is 117 cm³/mol. The molecule has 0 aromatic heterocycles. The lowest BCUT2D eigenvalue weighted by atomic mass is 10.1. The zero-order valence-electron chi connectivity index (χ0n) is 18.6. The first-order valence-corrected chi connectivity index (χ1v) is 10.8. The number of para-hydroxylation sites is 1. The molecule has 3 heterocycles. The first-order chi connectivity index (χ1) is 14.8. The van der Waals surface area contributed by atoms with Crippen LogP contribution in [0.25, 0.3) is 0 Å². The highest BCUT2D eigenvalue weighted by Crippen LogP contribution is 2.22. The van der Waals surface area contributed by atoms with Crippen LogP contribution in [0.4, 0.5) is 14.9 Å². The molecule has 8 nitrogen and oxygen atoms in total. The smallest absolute Gasteiger partial charge is 0.333 e. The van der Waals surface area contributed by atoms with Gasteiger partial charge in [-0.1, -0.05) is 26.0 Å². The number of amidine groups is 2. The normalized spacial score (nSPS) is 22.6. The number of urea groups is 1. The van der Waals surface area contributed by atoms with Crippen molar-refractivity contribution in [3.8, 4) is 0 Å². The second-order valence-electron chi connectivity index (χ2n) is 8.79. The van der Waals surface area contributed by atoms with E-state index in [4.69, 9.17) is 4.99 Å². The fraction of sp³-hybridized carbons (Fsp3) is 0.545. The SMILES string of the molecule is CC(C)C[N+]1=C(CN2CCN(c3ccccc3F)CC2)N=C2C1C(=O)N(C)C(=O)N2C. The number of carbonyl (C=O) groups excluding carboxylic acids is 2. The molecule has 31 heavy (non-hydrogen) atoms. The van der Waals surface area contributed by atoms with Crippen LogP contribution >= 0.6 is 0 Å². The van der Waals surface area contributed by atoms with Crippen molar-refractivity contribution in [3.63, 3.8) is 0 Å². The fourth-order valence-electron chi connectivity index (χ4n) is 4.43. The number of likely N-dealkylation sites (N-methyl/N-ethyl adjacent to an activating group) is 2. The Kier molecular flexibility index (Phi) is 5.79. The Balaban J connectivity index is 1.52. The molecule has 166 valence electrons. The molecule has 0 bridgehead atoms. The molecule has 0 spiro atoms. The summed E-state index contributed by atoms with van der Waals surface area (Å²) >= 11 is 0. The summed E-state index contributed by atoms with van der Waals surface area (Å²) in [5.41, 5.74) is 0.636. The highest BCUT2D eigenvalue weighted by molar-refractivity contribution is 6.23. The number of benzene rings is 1. The maximum absolute atomic E-state index is 14.1. The van der Waals surface area contributed by atoms with Crippen LogP contribution in [-0.2, 0) is 4.79 Å². The van der Waals surface area contributed by atoms with Crippen molar-refractivity contribution >= 4 is 29.3 Å². The first kappa shape index (κ1) is 21.4. The topological polar surface area (TPSA) is 62.5 Å². The van der Waals surface area contributed by atoms with E-state index in [1.807, 2.05) is 16.7 Å². The standard InChI is InChI=1S/C22H30FN6O2/c1-15(2)13-29-18(24-20-19(29)21(30)26(4)22(31)25(20)3)14-27-9-11-28(12-10-27)17-8-6-5-7-16(17)23/h5-8,15,19H,9-14H2,1-4H3/q+1. The third-order valence-corrected chi connectivity index (χ3v) is 6.11. The summed E-state index contributed by atoms with van der Waals surface area (Å²) in [5.74, 6) is 1.23. The van der Waals surface area contributed by atoms with Crippen molar-refractivity contribution in [2.24, 2.45) is 10.9 Å². The van der Waals surface area contributed by atoms with Crippen molar-refractivity contribution in [2.75, 3.05) is 58.3 Å². The van der Waals surface area contributed by atoms with Gasteiger partial charge in [-0.25, -0.2) is 13.8 Å². The Morgan fingerprint density at radius 1 is 1.10 bits per heavy atom. The largest absolute Gasteiger partial charge is 0.367 e. The summed E-state index contributed by atoms with van der Waals surface area (Å²) in [7, 11) is 3.19. The summed E-state index contributed by atoms with van der Waals surface area (Å²) < 4.78 is 16.2. The van der Waals surface area contributed by atoms with E-state index in [0.717, 1.165) is 32.0 Å². The van der Waals surface area contributed by atoms with Crippen LogP contribution in [0, 0.1) is 11.7 Å². The van der Waals surface area contributed by atoms with Crippen molar-refractivity contribution < 1.29 is 18.6 Å². The fourth-order valence-corrected chi connectivity index (χ4v) is 4.43. The van der Waals surface area contributed by atoms with E-state index in [2.05, 4.69) is 23.6 Å². The van der Waals surface area contributed by atoms with Gasteiger partial charge in [0, 0.05) is 40.3 Å². The second kappa shape index (κ2) is 8.37. The van der Waals surface area contributed by atoms with Crippen molar-refractivity contribution in [1.82, 2.24) is 14.7 Å². The van der Waals surface area contributed by atoms with E-state index >= 15 is 0 Å². The zero-order valence-corrected chi connectivity index (χ0v) is 18.6. The van der Waals surface area contributed by atoms with E-state index in [1.165, 1.54) is 22.9 Å². The molecule has 4 rings (SSSR count). The van der Waals surface area contributed by atoms with Crippen LogP contribution in [0.2, 0.25) is 0 Å². The molecule has 2 saturated heterocycles. The molecule has 2 fully saturated rings. The molecule has 0 radical (unpaired) electrons. The first-order valence-electron chi connectivity index (χ1n) is 10.8. The zero-order chi connectivity index (χ0) is 22.3. The number of anilines is 1. The lowest BCUT2D eigenvalue weighted by Gasteiger charge is -2.35. The van der Waals surface area contributed by atoms with Crippen LogP contribution in [0.3, 0.4) is 0 Å². The molecule has 3 aliphatic rings. The number of rotatable bonds is 5. The quantitative estimate of drug-likeness (QED) is 0.663. The Bertz CT molecular complexity index is 951. The monoisotopic (exact) mass is 429 g/mol. The lowest BCUT2D eigenvalue weighted by Crippen LogP contribution is -2.61. The van der Waals surface area contributed by atoms with Gasteiger partial charge in [-0.3, -0.25) is 19.5 Å². The molecule has 3 aliphatic heterocycles. The molecule has 1 atom stereocenters. The van der Waals surface area contributed by atoms with Gasteiger partial charge in [-0.15, -0.1) is 0 Å². The summed E-state index contributed by atoms with van der Waals surface area (Å²) in [5, 5.41) is 0. The van der Waals surface area contributed by atoms with Gasteiger partial charge in [0.05, 0.1) is 12.2 Å². The molecule has 1 aromatic rings. The Morgan fingerprint density at radius 3 is 2.42 bits per heavy atom. The maximum atomic E-state index is 14.1. The van der Waals surface area contributed by atoms with Gasteiger partial charge in [0.15, 0.2) is 0 Å². The number of hydrogen-bond donors (Lipinski definition) is 0. The molecular formula is C22H30FN6O2+. The summed E-state index contributed by atoms with van der Waals surface area (Å²) in [6.45, 7) is 8.47. The maximum Gasteiger partial charge on any atom is 0.333 e. The van der Waals surface area contributed by atoms with Crippen LogP contribution in [-0.4, -0.2) is 102 Å². The summed E-state index contributed by atoms with van der Waals surface area (Å²) in [6, 6.07) is 5.95. The minimum absolute atomic E-state index is 0.199. The highest BCUT2D eigenvalue weighted by atomic mass is 19.1. The Morgan fingerprint density at radius 2 is 1.77 bits per heavy atom. The van der Waals surface area contributed by atoms with Gasteiger partial charge in [-0.05, 0) is 23.0 Å². The Labute approximate surface area is 182 Å². The number of nitrogens with zero attached hydrogens (tertiary/aromatic N) is 6. The molecular weight excluding hydrogens is 399 g/mol. The number of halogens is 1. The number of fused-ring (bicyclic) bond motifs is 1. The number of amides is 3. The van der Waals surface area contributed by atoms with Crippen LogP contribution < -0.4 is 4.90 Å². The van der Waals surface area contributed by atoms with E-state index in [-0.39, 0.29) is 17.8 Å². The van der Waals surface area contributed by atoms with Crippen molar-refractivity contribution in [1.29, 1.82) is 0 Å². The predicted octanol–water partition coefficient (Wildman–Crippen LogP) is 1.32. The van der Waals surface area contributed by atoms with Gasteiger partial charge >= 0.3 is 11.9 Å². The third-order valence-electron chi connectivity index (χ3n) is 6.11. The average Bonchev–Trinajstić information content (AvgIpc) is 3.09. The third kappa shape index (κ3) is 3.94. The van der Waals surface area contributed by atoms with Crippen molar-refractivity contribution in [2.45, 2.75) is 19.9 Å². The molecule has 1 aromatic carbocycles. The summed E-state index contributed by atoms with van der Waals surface area (Å²) in [4.78, 5) is 37.0.